The molecule has 0 fully saturated rings. The molecule has 4 heteroatoms. The zero-order valence-corrected chi connectivity index (χ0v) is 8.88. The van der Waals surface area contributed by atoms with Crippen LogP contribution in [0.3, 0.4) is 0 Å². The minimum absolute atomic E-state index is 0.596. The van der Waals surface area contributed by atoms with E-state index in [2.05, 4.69) is 10.2 Å². The number of azo groups is 1. The lowest BCUT2D eigenvalue weighted by Crippen LogP contribution is -2.49. The van der Waals surface area contributed by atoms with E-state index in [4.69, 9.17) is 11.5 Å². The molecular formula is C12H14N4. The maximum absolute atomic E-state index is 5.86. The maximum Gasteiger partial charge on any atom is 0.128 e. The number of benzene rings is 1. The van der Waals surface area contributed by atoms with Gasteiger partial charge in [-0.15, -0.1) is 0 Å². The average Bonchev–Trinajstić information content (AvgIpc) is 2.28. The smallest absolute Gasteiger partial charge is 0.128 e. The van der Waals surface area contributed by atoms with Gasteiger partial charge in [-0.1, -0.05) is 30.4 Å². The van der Waals surface area contributed by atoms with Crippen molar-refractivity contribution in [1.29, 1.82) is 0 Å². The number of hydrogen-bond donors (Lipinski definition) is 2. The molecule has 1 aromatic carbocycles. The minimum atomic E-state index is -1.00. The number of hydrogen-bond acceptors (Lipinski definition) is 4. The predicted molar refractivity (Wildman–Crippen MR) is 63.9 cm³/mol. The van der Waals surface area contributed by atoms with Gasteiger partial charge in [-0.3, -0.25) is 0 Å². The molecule has 4 N–H and O–H groups in total. The van der Waals surface area contributed by atoms with E-state index in [1.807, 2.05) is 42.5 Å². The van der Waals surface area contributed by atoms with Crippen molar-refractivity contribution in [2.45, 2.75) is 12.1 Å². The molecule has 1 aromatic rings. The first-order valence-electron chi connectivity index (χ1n) is 5.11. The van der Waals surface area contributed by atoms with Crippen LogP contribution in [-0.4, -0.2) is 5.66 Å². The van der Waals surface area contributed by atoms with Gasteiger partial charge in [-0.25, -0.2) is 0 Å². The summed E-state index contributed by atoms with van der Waals surface area (Å²) in [7, 11) is 0. The summed E-state index contributed by atoms with van der Waals surface area (Å²) < 4.78 is 0. The van der Waals surface area contributed by atoms with Crippen molar-refractivity contribution >= 4 is 5.69 Å². The highest BCUT2D eigenvalue weighted by atomic mass is 15.2. The molecule has 0 saturated heterocycles. The normalized spacial score (nSPS) is 18.8. The number of allylic oxidation sites excluding steroid dienone is 2. The van der Waals surface area contributed by atoms with Crippen molar-refractivity contribution in [3.05, 3.63) is 54.3 Å². The highest BCUT2D eigenvalue weighted by Crippen LogP contribution is 2.20. The molecule has 0 heterocycles. The van der Waals surface area contributed by atoms with E-state index in [9.17, 15) is 0 Å². The Balaban J connectivity index is 2.16. The monoisotopic (exact) mass is 214 g/mol. The molecular weight excluding hydrogens is 200 g/mol. The van der Waals surface area contributed by atoms with Crippen LogP contribution >= 0.6 is 0 Å². The van der Waals surface area contributed by atoms with Gasteiger partial charge >= 0.3 is 0 Å². The summed E-state index contributed by atoms with van der Waals surface area (Å²) in [4.78, 5) is 0. The highest BCUT2D eigenvalue weighted by Gasteiger charge is 2.23. The van der Waals surface area contributed by atoms with Gasteiger partial charge in [0.2, 0.25) is 0 Å². The molecule has 0 unspecified atom stereocenters. The zero-order chi connectivity index (χ0) is 11.4. The Morgan fingerprint density at radius 3 is 2.50 bits per heavy atom. The molecule has 82 valence electrons. The maximum atomic E-state index is 5.86. The SMILES string of the molecule is NC1(N)C=CCC=C1N=Nc1ccccc1. The van der Waals surface area contributed by atoms with Gasteiger partial charge in [-0.05, 0) is 24.6 Å². The van der Waals surface area contributed by atoms with E-state index >= 15 is 0 Å². The van der Waals surface area contributed by atoms with Gasteiger partial charge in [0.15, 0.2) is 0 Å². The number of rotatable bonds is 2. The van der Waals surface area contributed by atoms with Crippen molar-refractivity contribution in [2.24, 2.45) is 21.7 Å². The van der Waals surface area contributed by atoms with Crippen LogP contribution in [0.2, 0.25) is 0 Å². The third kappa shape index (κ3) is 2.42. The van der Waals surface area contributed by atoms with E-state index in [0.717, 1.165) is 12.1 Å². The van der Waals surface area contributed by atoms with Gasteiger partial charge < -0.3 is 11.5 Å². The van der Waals surface area contributed by atoms with E-state index in [1.54, 1.807) is 6.08 Å². The van der Waals surface area contributed by atoms with E-state index in [-0.39, 0.29) is 0 Å². The Bertz CT molecular complexity index is 443. The van der Waals surface area contributed by atoms with E-state index in [1.165, 1.54) is 0 Å². The van der Waals surface area contributed by atoms with Gasteiger partial charge in [0.1, 0.15) is 5.66 Å². The largest absolute Gasteiger partial charge is 0.305 e. The fraction of sp³-hybridized carbons (Fsp3) is 0.167. The van der Waals surface area contributed by atoms with Crippen LogP contribution in [0.1, 0.15) is 6.42 Å². The molecule has 4 nitrogen and oxygen atoms in total. The van der Waals surface area contributed by atoms with Gasteiger partial charge in [0, 0.05) is 0 Å². The Labute approximate surface area is 94.4 Å². The van der Waals surface area contributed by atoms with Crippen molar-refractivity contribution in [1.82, 2.24) is 0 Å². The van der Waals surface area contributed by atoms with Crippen LogP contribution < -0.4 is 11.5 Å². The van der Waals surface area contributed by atoms with Gasteiger partial charge in [0.05, 0.1) is 11.4 Å². The van der Waals surface area contributed by atoms with Crippen LogP contribution in [0, 0.1) is 0 Å². The van der Waals surface area contributed by atoms with Crippen LogP contribution in [-0.2, 0) is 0 Å². The standard InChI is InChI=1S/C12H14N4/c13-12(14)9-5-4-8-11(12)16-15-10-6-2-1-3-7-10/h1-3,5-9H,4,13-14H2. The summed E-state index contributed by atoms with van der Waals surface area (Å²) >= 11 is 0. The summed E-state index contributed by atoms with van der Waals surface area (Å²) in [5, 5.41) is 8.18. The molecule has 0 atom stereocenters. The molecule has 1 aliphatic rings. The molecule has 0 aromatic heterocycles. The molecule has 0 amide bonds. The van der Waals surface area contributed by atoms with Crippen LogP contribution in [0.25, 0.3) is 0 Å². The first-order valence-corrected chi connectivity index (χ1v) is 5.11. The van der Waals surface area contributed by atoms with Crippen molar-refractivity contribution in [2.75, 3.05) is 0 Å². The van der Waals surface area contributed by atoms with Crippen molar-refractivity contribution < 1.29 is 0 Å². The number of nitrogens with two attached hydrogens (primary N) is 2. The van der Waals surface area contributed by atoms with Crippen molar-refractivity contribution in [3.63, 3.8) is 0 Å². The summed E-state index contributed by atoms with van der Waals surface area (Å²) in [6.45, 7) is 0. The second-order valence-electron chi connectivity index (χ2n) is 3.70. The zero-order valence-electron chi connectivity index (χ0n) is 8.88. The second kappa shape index (κ2) is 4.38. The Kier molecular flexibility index (Phi) is 2.94. The van der Waals surface area contributed by atoms with Gasteiger partial charge in [-0.2, -0.15) is 10.2 Å². The Morgan fingerprint density at radius 1 is 1.06 bits per heavy atom. The average molecular weight is 214 g/mol. The first kappa shape index (κ1) is 10.7. The van der Waals surface area contributed by atoms with Crippen LogP contribution in [0.15, 0.2) is 64.5 Å². The predicted octanol–water partition coefficient (Wildman–Crippen LogP) is 2.23. The molecule has 16 heavy (non-hydrogen) atoms. The Morgan fingerprint density at radius 2 is 1.81 bits per heavy atom. The van der Waals surface area contributed by atoms with Crippen molar-refractivity contribution in [3.8, 4) is 0 Å². The topological polar surface area (TPSA) is 76.8 Å². The lowest BCUT2D eigenvalue weighted by Gasteiger charge is -2.22. The third-order valence-electron chi connectivity index (χ3n) is 2.31. The summed E-state index contributed by atoms with van der Waals surface area (Å²) in [6, 6.07) is 9.48. The summed E-state index contributed by atoms with van der Waals surface area (Å²) in [5.41, 5.74) is 12.1. The lowest BCUT2D eigenvalue weighted by atomic mass is 10.0. The lowest BCUT2D eigenvalue weighted by molar-refractivity contribution is 0.620. The molecule has 2 rings (SSSR count). The fourth-order valence-electron chi connectivity index (χ4n) is 1.44. The first-order chi connectivity index (χ1) is 7.68. The Hall–Kier alpha value is -1.78. The highest BCUT2D eigenvalue weighted by molar-refractivity contribution is 5.36. The summed E-state index contributed by atoms with van der Waals surface area (Å²) in [6.07, 6.45) is 6.33. The quantitative estimate of drug-likeness (QED) is 0.450. The summed E-state index contributed by atoms with van der Waals surface area (Å²) in [5.74, 6) is 0. The molecule has 1 aliphatic carbocycles. The third-order valence-corrected chi connectivity index (χ3v) is 2.31. The molecule has 0 spiro atoms. The molecule has 0 aliphatic heterocycles. The van der Waals surface area contributed by atoms with Crippen LogP contribution in [0.4, 0.5) is 5.69 Å². The fourth-order valence-corrected chi connectivity index (χ4v) is 1.44. The molecule has 0 radical (unpaired) electrons. The van der Waals surface area contributed by atoms with E-state index < -0.39 is 5.66 Å². The molecule has 0 bridgehead atoms. The minimum Gasteiger partial charge on any atom is -0.305 e. The van der Waals surface area contributed by atoms with Crippen LogP contribution in [0.5, 0.6) is 0 Å². The second-order valence-corrected chi connectivity index (χ2v) is 3.70. The molecule has 0 saturated carbocycles. The van der Waals surface area contributed by atoms with E-state index in [0.29, 0.717) is 5.70 Å². The number of nitrogens with zero attached hydrogens (tertiary/aromatic N) is 2. The van der Waals surface area contributed by atoms with Gasteiger partial charge in [0.25, 0.3) is 0 Å².